The second kappa shape index (κ2) is 8.35. The lowest BCUT2D eigenvalue weighted by molar-refractivity contribution is -0.127. The second-order valence-electron chi connectivity index (χ2n) is 8.66. The van der Waals surface area contributed by atoms with E-state index in [1.807, 2.05) is 0 Å². The first-order valence-electron chi connectivity index (χ1n) is 10.7. The maximum Gasteiger partial charge on any atom is 0.228 e. The largest absolute Gasteiger partial charge is 0.353 e. The highest BCUT2D eigenvalue weighted by molar-refractivity contribution is 7.19. The lowest BCUT2D eigenvalue weighted by Crippen LogP contribution is -2.48. The molecule has 2 amide bonds. The molecule has 7 nitrogen and oxygen atoms in total. The van der Waals surface area contributed by atoms with Crippen LogP contribution < -0.4 is 15.1 Å². The molecule has 4 rings (SSSR count). The number of carbonyl (C=O) groups is 2. The Balaban J connectivity index is 1.29. The Morgan fingerprint density at radius 1 is 1.04 bits per heavy atom. The van der Waals surface area contributed by atoms with Crippen LogP contribution in [-0.2, 0) is 9.59 Å². The van der Waals surface area contributed by atoms with E-state index in [-0.39, 0.29) is 17.7 Å². The molecule has 2 aliphatic heterocycles. The third-order valence-corrected chi connectivity index (χ3v) is 7.89. The van der Waals surface area contributed by atoms with Gasteiger partial charge < -0.3 is 10.2 Å². The van der Waals surface area contributed by atoms with Gasteiger partial charge in [-0.05, 0) is 37.5 Å². The van der Waals surface area contributed by atoms with E-state index in [0.29, 0.717) is 29.4 Å². The minimum absolute atomic E-state index is 0.0910. The summed E-state index contributed by atoms with van der Waals surface area (Å²) in [6.07, 6.45) is 6.80. The first kappa shape index (κ1) is 19.6. The summed E-state index contributed by atoms with van der Waals surface area (Å²) in [5.74, 6) is 1.71. The highest BCUT2D eigenvalue weighted by Gasteiger charge is 2.32. The van der Waals surface area contributed by atoms with Crippen LogP contribution in [0.2, 0.25) is 0 Å². The summed E-state index contributed by atoms with van der Waals surface area (Å²) in [5, 5.41) is 13.4. The fourth-order valence-electron chi connectivity index (χ4n) is 4.71. The number of piperidine rings is 1. The lowest BCUT2D eigenvalue weighted by Gasteiger charge is -2.36. The monoisotopic (exact) mass is 405 g/mol. The van der Waals surface area contributed by atoms with Gasteiger partial charge in [0.05, 0.1) is 0 Å². The van der Waals surface area contributed by atoms with E-state index in [1.165, 1.54) is 24.2 Å². The molecule has 1 N–H and O–H groups in total. The van der Waals surface area contributed by atoms with E-state index in [4.69, 9.17) is 0 Å². The highest BCUT2D eigenvalue weighted by Crippen LogP contribution is 2.33. The second-order valence-corrected chi connectivity index (χ2v) is 9.59. The molecule has 3 unspecified atom stereocenters. The molecule has 0 bridgehead atoms. The van der Waals surface area contributed by atoms with Gasteiger partial charge in [0.25, 0.3) is 0 Å². The van der Waals surface area contributed by atoms with Crippen molar-refractivity contribution in [1.82, 2.24) is 15.5 Å². The van der Waals surface area contributed by atoms with Crippen molar-refractivity contribution in [2.24, 2.45) is 17.8 Å². The number of nitrogens with zero attached hydrogens (tertiary/aromatic N) is 4. The highest BCUT2D eigenvalue weighted by atomic mass is 32.1. The smallest absolute Gasteiger partial charge is 0.228 e. The minimum atomic E-state index is 0.0910. The van der Waals surface area contributed by atoms with Crippen molar-refractivity contribution in [3.8, 4) is 0 Å². The van der Waals surface area contributed by atoms with Crippen LogP contribution >= 0.6 is 11.3 Å². The standard InChI is InChI=1S/C20H31N5O2S/c1-13-5-3-6-16(14(13)2)21-18(27)15-8-11-24(12-9-15)19-22-23-20(28-19)25-10-4-7-17(25)26/h13-16H,3-12H2,1-2H3,(H,21,27). The Morgan fingerprint density at radius 2 is 1.79 bits per heavy atom. The van der Waals surface area contributed by atoms with Gasteiger partial charge in [0.15, 0.2) is 0 Å². The Hall–Kier alpha value is -1.70. The third-order valence-electron chi connectivity index (χ3n) is 6.88. The molecule has 8 heteroatoms. The summed E-state index contributed by atoms with van der Waals surface area (Å²) in [7, 11) is 0. The van der Waals surface area contributed by atoms with Gasteiger partial charge >= 0.3 is 0 Å². The van der Waals surface area contributed by atoms with Crippen molar-refractivity contribution in [3.05, 3.63) is 0 Å². The molecule has 3 atom stereocenters. The fraction of sp³-hybridized carbons (Fsp3) is 0.800. The predicted molar refractivity (Wildman–Crippen MR) is 111 cm³/mol. The molecule has 1 aliphatic carbocycles. The summed E-state index contributed by atoms with van der Waals surface area (Å²) < 4.78 is 0. The SMILES string of the molecule is CC1CCCC(NC(=O)C2CCN(c3nnc(N4CCCC4=O)s3)CC2)C1C. The Morgan fingerprint density at radius 3 is 2.50 bits per heavy atom. The van der Waals surface area contributed by atoms with Crippen molar-refractivity contribution in [3.63, 3.8) is 0 Å². The Kier molecular flexibility index (Phi) is 5.85. The molecular weight excluding hydrogens is 374 g/mol. The fourth-order valence-corrected chi connectivity index (χ4v) is 5.66. The summed E-state index contributed by atoms with van der Waals surface area (Å²) in [6.45, 7) is 6.95. The number of carbonyl (C=O) groups excluding carboxylic acids is 2. The molecule has 154 valence electrons. The van der Waals surface area contributed by atoms with Crippen molar-refractivity contribution in [1.29, 1.82) is 0 Å². The third kappa shape index (κ3) is 4.02. The first-order valence-corrected chi connectivity index (χ1v) is 11.5. The van der Waals surface area contributed by atoms with Crippen molar-refractivity contribution >= 4 is 33.4 Å². The van der Waals surface area contributed by atoms with Gasteiger partial charge in [0.2, 0.25) is 22.1 Å². The molecule has 2 saturated heterocycles. The zero-order chi connectivity index (χ0) is 19.7. The molecule has 3 fully saturated rings. The van der Waals surface area contributed by atoms with Gasteiger partial charge in [-0.2, -0.15) is 0 Å². The van der Waals surface area contributed by atoms with Gasteiger partial charge in [0, 0.05) is 38.0 Å². The van der Waals surface area contributed by atoms with Gasteiger partial charge in [-0.3, -0.25) is 14.5 Å². The Labute approximate surface area is 170 Å². The van der Waals surface area contributed by atoms with Crippen molar-refractivity contribution < 1.29 is 9.59 Å². The van der Waals surface area contributed by atoms with E-state index >= 15 is 0 Å². The lowest BCUT2D eigenvalue weighted by atomic mass is 9.78. The van der Waals surface area contributed by atoms with Crippen LogP contribution in [0.15, 0.2) is 0 Å². The zero-order valence-corrected chi connectivity index (χ0v) is 17.7. The van der Waals surface area contributed by atoms with Crippen LogP contribution in [0.5, 0.6) is 0 Å². The zero-order valence-electron chi connectivity index (χ0n) is 16.9. The average molecular weight is 406 g/mol. The van der Waals surface area contributed by atoms with Crippen LogP contribution in [0.25, 0.3) is 0 Å². The van der Waals surface area contributed by atoms with Crippen molar-refractivity contribution in [2.45, 2.75) is 64.8 Å². The summed E-state index contributed by atoms with van der Waals surface area (Å²) in [4.78, 5) is 28.6. The van der Waals surface area contributed by atoms with E-state index in [1.54, 1.807) is 4.90 Å². The van der Waals surface area contributed by atoms with E-state index in [9.17, 15) is 9.59 Å². The molecule has 28 heavy (non-hydrogen) atoms. The molecule has 3 aliphatic rings. The van der Waals surface area contributed by atoms with Gasteiger partial charge in [0.1, 0.15) is 0 Å². The van der Waals surface area contributed by atoms with Crippen LogP contribution in [0.1, 0.15) is 58.8 Å². The number of amides is 2. The molecular formula is C20H31N5O2S. The normalized spacial score (nSPS) is 29.4. The van der Waals surface area contributed by atoms with Crippen molar-refractivity contribution in [2.75, 3.05) is 29.4 Å². The predicted octanol–water partition coefficient (Wildman–Crippen LogP) is 2.82. The number of hydrogen-bond donors (Lipinski definition) is 1. The van der Waals surface area contributed by atoms with Gasteiger partial charge in [-0.1, -0.05) is 38.0 Å². The van der Waals surface area contributed by atoms with Gasteiger partial charge in [-0.25, -0.2) is 0 Å². The molecule has 0 aromatic carbocycles. The topological polar surface area (TPSA) is 78.4 Å². The Bertz CT molecular complexity index is 715. The van der Waals surface area contributed by atoms with Crippen LogP contribution in [0.4, 0.5) is 10.3 Å². The van der Waals surface area contributed by atoms with E-state index in [0.717, 1.165) is 50.4 Å². The number of hydrogen-bond acceptors (Lipinski definition) is 6. The van der Waals surface area contributed by atoms with Crippen LogP contribution in [0.3, 0.4) is 0 Å². The van der Waals surface area contributed by atoms with Crippen LogP contribution in [0, 0.1) is 17.8 Å². The van der Waals surface area contributed by atoms with Crippen LogP contribution in [-0.4, -0.2) is 47.7 Å². The summed E-state index contributed by atoms with van der Waals surface area (Å²) in [5.41, 5.74) is 0. The molecule has 3 heterocycles. The molecule has 1 aromatic rings. The van der Waals surface area contributed by atoms with Gasteiger partial charge in [-0.15, -0.1) is 10.2 Å². The number of nitrogens with one attached hydrogen (secondary N) is 1. The molecule has 1 saturated carbocycles. The number of anilines is 2. The minimum Gasteiger partial charge on any atom is -0.353 e. The molecule has 0 radical (unpaired) electrons. The quantitative estimate of drug-likeness (QED) is 0.833. The maximum atomic E-state index is 12.8. The van der Waals surface area contributed by atoms with E-state index in [2.05, 4.69) is 34.3 Å². The summed E-state index contributed by atoms with van der Waals surface area (Å²) >= 11 is 1.49. The molecule has 0 spiro atoms. The van der Waals surface area contributed by atoms with E-state index < -0.39 is 0 Å². The number of rotatable bonds is 4. The summed E-state index contributed by atoms with van der Waals surface area (Å²) in [6, 6.07) is 0.331. The first-order chi connectivity index (χ1) is 13.5. The molecule has 1 aromatic heterocycles. The maximum absolute atomic E-state index is 12.8. The number of aromatic nitrogens is 2. The average Bonchev–Trinajstić information content (AvgIpc) is 3.34.